The van der Waals surface area contributed by atoms with Gasteiger partial charge in [-0.3, -0.25) is 14.9 Å². The van der Waals surface area contributed by atoms with E-state index in [1.54, 1.807) is 19.1 Å². The van der Waals surface area contributed by atoms with E-state index in [0.717, 1.165) is 24.8 Å². The lowest BCUT2D eigenvalue weighted by atomic mass is 9.84. The van der Waals surface area contributed by atoms with Crippen molar-refractivity contribution in [3.05, 3.63) is 33.9 Å². The summed E-state index contributed by atoms with van der Waals surface area (Å²) in [6, 6.07) is 4.80. The quantitative estimate of drug-likeness (QED) is 0.657. The normalized spacial score (nSPS) is 30.3. The summed E-state index contributed by atoms with van der Waals surface area (Å²) >= 11 is 0. The van der Waals surface area contributed by atoms with Crippen molar-refractivity contribution < 1.29 is 14.8 Å². The third kappa shape index (κ3) is 2.34. The van der Waals surface area contributed by atoms with E-state index in [2.05, 4.69) is 5.32 Å². The molecule has 3 rings (SSSR count). The second-order valence-corrected chi connectivity index (χ2v) is 6.15. The second kappa shape index (κ2) is 5.02. The topological polar surface area (TPSA) is 92.5 Å². The van der Waals surface area contributed by atoms with E-state index in [9.17, 15) is 20.0 Å². The summed E-state index contributed by atoms with van der Waals surface area (Å²) in [5.41, 5.74) is 1.26. The van der Waals surface area contributed by atoms with Gasteiger partial charge in [0.1, 0.15) is 5.69 Å². The molecule has 4 atom stereocenters. The van der Waals surface area contributed by atoms with Gasteiger partial charge in [0, 0.05) is 12.1 Å². The number of hydrogen-bond acceptors (Lipinski definition) is 4. The Morgan fingerprint density at radius 1 is 1.38 bits per heavy atom. The van der Waals surface area contributed by atoms with Crippen LogP contribution < -0.4 is 5.32 Å². The molecule has 4 unspecified atom stereocenters. The van der Waals surface area contributed by atoms with Gasteiger partial charge in [0.25, 0.3) is 5.69 Å². The number of nitrogens with one attached hydrogen (secondary N) is 1. The third-order valence-corrected chi connectivity index (χ3v) is 4.87. The summed E-state index contributed by atoms with van der Waals surface area (Å²) < 4.78 is 0. The molecule has 1 aromatic carbocycles. The maximum absolute atomic E-state index is 11.5. The van der Waals surface area contributed by atoms with Crippen molar-refractivity contribution in [2.45, 2.75) is 32.2 Å². The van der Waals surface area contributed by atoms with Crippen molar-refractivity contribution >= 4 is 17.3 Å². The van der Waals surface area contributed by atoms with Crippen LogP contribution in [0.3, 0.4) is 0 Å². The maximum Gasteiger partial charge on any atom is 0.308 e. The molecule has 0 saturated heterocycles. The van der Waals surface area contributed by atoms with Gasteiger partial charge in [0.05, 0.1) is 10.8 Å². The molecule has 21 heavy (non-hydrogen) atoms. The van der Waals surface area contributed by atoms with Gasteiger partial charge in [-0.05, 0) is 49.7 Å². The van der Waals surface area contributed by atoms with Crippen LogP contribution in [0.1, 0.15) is 24.8 Å². The van der Waals surface area contributed by atoms with Crippen LogP contribution in [0.5, 0.6) is 0 Å². The Hall–Kier alpha value is -2.11. The molecule has 2 N–H and O–H groups in total. The zero-order valence-electron chi connectivity index (χ0n) is 11.8. The highest BCUT2D eigenvalue weighted by Crippen LogP contribution is 2.50. The molecule has 0 radical (unpaired) electrons. The Morgan fingerprint density at radius 2 is 2.10 bits per heavy atom. The highest BCUT2D eigenvalue weighted by atomic mass is 16.6. The molecule has 0 aromatic heterocycles. The molecule has 0 amide bonds. The van der Waals surface area contributed by atoms with Gasteiger partial charge in [-0.25, -0.2) is 0 Å². The molecule has 1 aromatic rings. The number of nitro groups is 1. The van der Waals surface area contributed by atoms with E-state index in [1.165, 1.54) is 6.07 Å². The summed E-state index contributed by atoms with van der Waals surface area (Å²) in [7, 11) is 0. The fourth-order valence-electron chi connectivity index (χ4n) is 3.95. The monoisotopic (exact) mass is 290 g/mol. The molecular weight excluding hydrogens is 272 g/mol. The fourth-order valence-corrected chi connectivity index (χ4v) is 3.95. The van der Waals surface area contributed by atoms with Gasteiger partial charge in [-0.15, -0.1) is 0 Å². The van der Waals surface area contributed by atoms with Crippen molar-refractivity contribution in [3.8, 4) is 0 Å². The first-order valence-corrected chi connectivity index (χ1v) is 7.21. The lowest BCUT2D eigenvalue weighted by Crippen LogP contribution is -2.39. The lowest BCUT2D eigenvalue weighted by Gasteiger charge is -2.29. The van der Waals surface area contributed by atoms with Gasteiger partial charge in [-0.1, -0.05) is 6.07 Å². The Balaban J connectivity index is 1.89. The van der Waals surface area contributed by atoms with E-state index < -0.39 is 16.8 Å². The van der Waals surface area contributed by atoms with Crippen LogP contribution in [0.25, 0.3) is 0 Å². The average Bonchev–Trinajstić information content (AvgIpc) is 3.01. The van der Waals surface area contributed by atoms with Crippen LogP contribution in [-0.4, -0.2) is 22.0 Å². The first kappa shape index (κ1) is 13.9. The van der Waals surface area contributed by atoms with Gasteiger partial charge < -0.3 is 10.4 Å². The fraction of sp³-hybridized carbons (Fsp3) is 0.533. The molecule has 6 heteroatoms. The van der Waals surface area contributed by atoms with Crippen molar-refractivity contribution in [2.75, 3.05) is 5.32 Å². The predicted octanol–water partition coefficient (Wildman–Crippen LogP) is 2.81. The van der Waals surface area contributed by atoms with Crippen LogP contribution in [0, 0.1) is 34.8 Å². The van der Waals surface area contributed by atoms with E-state index in [1.807, 2.05) is 0 Å². The number of nitrogens with zero attached hydrogens (tertiary/aromatic N) is 1. The number of hydrogen-bond donors (Lipinski definition) is 2. The minimum absolute atomic E-state index is 0.0157. The van der Waals surface area contributed by atoms with Crippen LogP contribution >= 0.6 is 0 Å². The summed E-state index contributed by atoms with van der Waals surface area (Å²) in [5, 5.41) is 23.8. The molecular formula is C15H18N2O4. The van der Waals surface area contributed by atoms with Crippen LogP contribution in [0.4, 0.5) is 11.4 Å². The second-order valence-electron chi connectivity index (χ2n) is 6.15. The minimum atomic E-state index is -0.797. The molecule has 6 nitrogen and oxygen atoms in total. The van der Waals surface area contributed by atoms with Crippen molar-refractivity contribution in [1.29, 1.82) is 0 Å². The number of benzene rings is 1. The average molecular weight is 290 g/mol. The first-order chi connectivity index (χ1) is 9.97. The largest absolute Gasteiger partial charge is 0.481 e. The summed E-state index contributed by atoms with van der Waals surface area (Å²) in [6.07, 6.45) is 2.87. The Morgan fingerprint density at radius 3 is 2.76 bits per heavy atom. The molecule has 2 bridgehead atoms. The number of fused-ring (bicyclic) bond motifs is 2. The van der Waals surface area contributed by atoms with Crippen molar-refractivity contribution in [3.63, 3.8) is 0 Å². The molecule has 0 aliphatic heterocycles. The Labute approximate surface area is 122 Å². The number of carboxylic acid groups (broad SMARTS) is 1. The molecule has 2 fully saturated rings. The van der Waals surface area contributed by atoms with E-state index in [4.69, 9.17) is 0 Å². The number of anilines is 1. The number of nitro benzene ring substituents is 1. The van der Waals surface area contributed by atoms with Gasteiger partial charge in [-0.2, -0.15) is 0 Å². The summed E-state index contributed by atoms with van der Waals surface area (Å²) in [6.45, 7) is 1.80. The zero-order valence-corrected chi connectivity index (χ0v) is 11.8. The summed E-state index contributed by atoms with van der Waals surface area (Å²) in [5.74, 6) is -0.731. The summed E-state index contributed by atoms with van der Waals surface area (Å²) in [4.78, 5) is 22.2. The molecule has 112 valence electrons. The molecule has 2 aliphatic rings. The highest BCUT2D eigenvalue weighted by molar-refractivity contribution is 5.74. The van der Waals surface area contributed by atoms with E-state index in [0.29, 0.717) is 11.6 Å². The van der Waals surface area contributed by atoms with E-state index in [-0.39, 0.29) is 17.6 Å². The van der Waals surface area contributed by atoms with Crippen LogP contribution in [0.15, 0.2) is 18.2 Å². The molecule has 0 heterocycles. The predicted molar refractivity (Wildman–Crippen MR) is 77.2 cm³/mol. The Kier molecular flexibility index (Phi) is 3.31. The number of rotatable bonds is 4. The third-order valence-electron chi connectivity index (χ3n) is 4.87. The van der Waals surface area contributed by atoms with E-state index >= 15 is 0 Å². The minimum Gasteiger partial charge on any atom is -0.481 e. The van der Waals surface area contributed by atoms with Gasteiger partial charge in [0.15, 0.2) is 0 Å². The Bertz CT molecular complexity index is 601. The number of carboxylic acids is 1. The van der Waals surface area contributed by atoms with Crippen LogP contribution in [0.2, 0.25) is 0 Å². The zero-order chi connectivity index (χ0) is 15.1. The lowest BCUT2D eigenvalue weighted by molar-refractivity contribution is -0.384. The number of aliphatic carboxylic acids is 1. The smallest absolute Gasteiger partial charge is 0.308 e. The highest BCUT2D eigenvalue weighted by Gasteiger charge is 2.51. The number of carbonyl (C=O) groups is 1. The van der Waals surface area contributed by atoms with Gasteiger partial charge in [0.2, 0.25) is 0 Å². The standard InChI is InChI=1S/C15H18N2O4/c1-8-2-5-11(12(6-8)17(20)21)16-14-10-4-3-9(7-10)13(14)15(18)19/h2,5-6,9-10,13-14,16H,3-4,7H2,1H3,(H,18,19). The van der Waals surface area contributed by atoms with Gasteiger partial charge >= 0.3 is 5.97 Å². The molecule has 0 spiro atoms. The van der Waals surface area contributed by atoms with Crippen molar-refractivity contribution in [1.82, 2.24) is 0 Å². The van der Waals surface area contributed by atoms with Crippen molar-refractivity contribution in [2.24, 2.45) is 17.8 Å². The van der Waals surface area contributed by atoms with Crippen LogP contribution in [-0.2, 0) is 4.79 Å². The first-order valence-electron chi connectivity index (χ1n) is 7.21. The SMILES string of the molecule is Cc1ccc(NC2C3CCC(C3)C2C(=O)O)c([N+](=O)[O-])c1. The molecule has 2 aliphatic carbocycles. The number of aryl methyl sites for hydroxylation is 1. The maximum atomic E-state index is 11.5. The molecule has 2 saturated carbocycles.